The van der Waals surface area contributed by atoms with Crippen molar-refractivity contribution in [3.63, 3.8) is 0 Å². The van der Waals surface area contributed by atoms with Gasteiger partial charge in [0.25, 0.3) is 5.91 Å². The quantitative estimate of drug-likeness (QED) is 0.387. The van der Waals surface area contributed by atoms with Gasteiger partial charge in [0, 0.05) is 16.9 Å². The van der Waals surface area contributed by atoms with E-state index in [1.165, 1.54) is 30.9 Å². The molecule has 1 aliphatic heterocycles. The molecule has 5 atom stereocenters. The fraction of sp³-hybridized carbons (Fsp3) is 0.321. The number of rotatable bonds is 3. The first-order chi connectivity index (χ1) is 16.8. The van der Waals surface area contributed by atoms with E-state index in [9.17, 15) is 18.0 Å². The van der Waals surface area contributed by atoms with Crippen molar-refractivity contribution in [2.75, 3.05) is 10.6 Å². The summed E-state index contributed by atoms with van der Waals surface area (Å²) in [5.41, 5.74) is 3.00. The average molecular weight is 497 g/mol. The second kappa shape index (κ2) is 8.30. The maximum Gasteiger partial charge on any atom is 0.417 e. The van der Waals surface area contributed by atoms with Crippen LogP contribution in [0.5, 0.6) is 0 Å². The first kappa shape index (κ1) is 22.5. The Morgan fingerprint density at radius 1 is 0.971 bits per heavy atom. The number of hydrogen-bond acceptors (Lipinski definition) is 2. The topological polar surface area (TPSA) is 41.1 Å². The molecule has 180 valence electrons. The minimum atomic E-state index is -4.60. The van der Waals surface area contributed by atoms with Gasteiger partial charge in [-0.1, -0.05) is 41.9 Å². The van der Waals surface area contributed by atoms with Crippen molar-refractivity contribution in [1.29, 1.82) is 0 Å². The van der Waals surface area contributed by atoms with Gasteiger partial charge in [-0.15, -0.1) is 0 Å². The summed E-state index contributed by atoms with van der Waals surface area (Å²) in [5.74, 6) is 1.65. The van der Waals surface area contributed by atoms with E-state index in [4.69, 9.17) is 11.6 Å². The Morgan fingerprint density at radius 3 is 2.51 bits per heavy atom. The third kappa shape index (κ3) is 3.88. The highest BCUT2D eigenvalue weighted by Crippen LogP contribution is 2.63. The normalized spacial score (nSPS) is 26.6. The molecule has 0 radical (unpaired) electrons. The van der Waals surface area contributed by atoms with Crippen molar-refractivity contribution in [3.8, 4) is 0 Å². The molecule has 0 unspecified atom stereocenters. The molecule has 2 N–H and O–H groups in total. The van der Waals surface area contributed by atoms with Gasteiger partial charge >= 0.3 is 6.18 Å². The zero-order valence-electron chi connectivity index (χ0n) is 18.8. The van der Waals surface area contributed by atoms with Crippen molar-refractivity contribution >= 4 is 28.9 Å². The number of benzene rings is 3. The summed E-state index contributed by atoms with van der Waals surface area (Å²) in [7, 11) is 0. The fourth-order valence-corrected chi connectivity index (χ4v) is 6.87. The first-order valence-corrected chi connectivity index (χ1v) is 12.3. The molecule has 3 aromatic carbocycles. The van der Waals surface area contributed by atoms with Crippen molar-refractivity contribution in [2.24, 2.45) is 17.8 Å². The van der Waals surface area contributed by atoms with Crippen LogP contribution in [0.25, 0.3) is 0 Å². The Balaban J connectivity index is 1.31. The number of nitrogens with one attached hydrogen (secondary N) is 2. The summed E-state index contributed by atoms with van der Waals surface area (Å²) >= 11 is 5.71. The number of carbonyl (C=O) groups excluding carboxylic acids is 1. The Kier molecular flexibility index (Phi) is 5.33. The van der Waals surface area contributed by atoms with Crippen LogP contribution in [0.3, 0.4) is 0 Å². The van der Waals surface area contributed by atoms with Gasteiger partial charge < -0.3 is 10.6 Å². The molecule has 7 heteroatoms. The summed E-state index contributed by atoms with van der Waals surface area (Å²) in [5, 5.41) is 5.96. The van der Waals surface area contributed by atoms with E-state index in [0.717, 1.165) is 23.4 Å². The van der Waals surface area contributed by atoms with Crippen LogP contribution in [0.2, 0.25) is 5.02 Å². The number of halogens is 4. The second-order valence-electron chi connectivity index (χ2n) is 9.92. The second-order valence-corrected chi connectivity index (χ2v) is 10.3. The van der Waals surface area contributed by atoms with E-state index in [1.807, 2.05) is 18.2 Å². The number of hydrogen-bond donors (Lipinski definition) is 2. The molecule has 3 aromatic rings. The molecular weight excluding hydrogens is 473 g/mol. The Hall–Kier alpha value is -2.99. The lowest BCUT2D eigenvalue weighted by Crippen LogP contribution is -2.35. The molecular formula is C28H24ClF3N2O. The molecule has 1 heterocycles. The summed E-state index contributed by atoms with van der Waals surface area (Å²) in [6.07, 6.45) is -0.943. The summed E-state index contributed by atoms with van der Waals surface area (Å²) in [6.45, 7) is 0. The summed E-state index contributed by atoms with van der Waals surface area (Å²) in [6, 6.07) is 19.8. The molecule has 3 aliphatic rings. The van der Waals surface area contributed by atoms with Crippen LogP contribution in [0.1, 0.15) is 58.3 Å². The number of alkyl halides is 3. The average Bonchev–Trinajstić information content (AvgIpc) is 3.47. The van der Waals surface area contributed by atoms with Gasteiger partial charge in [-0.3, -0.25) is 4.79 Å². The molecule has 6 rings (SSSR count). The number of anilines is 2. The van der Waals surface area contributed by atoms with Gasteiger partial charge in [0.05, 0.1) is 16.6 Å². The van der Waals surface area contributed by atoms with E-state index < -0.39 is 22.7 Å². The van der Waals surface area contributed by atoms with E-state index in [-0.39, 0.29) is 11.7 Å². The molecule has 2 fully saturated rings. The lowest BCUT2D eigenvalue weighted by molar-refractivity contribution is -0.137. The van der Waals surface area contributed by atoms with E-state index in [1.54, 1.807) is 6.07 Å². The van der Waals surface area contributed by atoms with Gasteiger partial charge in [-0.25, -0.2) is 0 Å². The zero-order chi connectivity index (χ0) is 24.3. The molecule has 35 heavy (non-hydrogen) atoms. The third-order valence-corrected chi connectivity index (χ3v) is 8.37. The molecule has 2 bridgehead atoms. The largest absolute Gasteiger partial charge is 0.417 e. The molecule has 0 spiro atoms. The highest BCUT2D eigenvalue weighted by Gasteiger charge is 2.53. The highest BCUT2D eigenvalue weighted by molar-refractivity contribution is 6.31. The SMILES string of the molecule is O=C(Nc1ccc(Cl)c(C(F)(F)F)c1)c1ccc2c(c1)[C@@H]1[C@H]3CC[C@@H](C3)[C@@H]1[C@H](c1ccccc1)N2. The molecule has 3 nitrogen and oxygen atoms in total. The van der Waals surface area contributed by atoms with Gasteiger partial charge in [0.2, 0.25) is 0 Å². The maximum atomic E-state index is 13.2. The first-order valence-electron chi connectivity index (χ1n) is 11.9. The van der Waals surface area contributed by atoms with Crippen LogP contribution in [-0.2, 0) is 6.18 Å². The maximum absolute atomic E-state index is 13.2. The lowest BCUT2D eigenvalue weighted by atomic mass is 9.68. The van der Waals surface area contributed by atoms with Crippen LogP contribution in [0.15, 0.2) is 66.7 Å². The molecule has 2 saturated carbocycles. The minimum Gasteiger partial charge on any atom is -0.378 e. The van der Waals surface area contributed by atoms with Gasteiger partial charge in [-0.2, -0.15) is 13.2 Å². The smallest absolute Gasteiger partial charge is 0.378 e. The molecule has 2 aliphatic carbocycles. The van der Waals surface area contributed by atoms with Crippen LogP contribution in [-0.4, -0.2) is 5.91 Å². The fourth-order valence-electron chi connectivity index (χ4n) is 6.64. The van der Waals surface area contributed by atoms with E-state index in [0.29, 0.717) is 29.2 Å². The number of carbonyl (C=O) groups is 1. The zero-order valence-corrected chi connectivity index (χ0v) is 19.5. The predicted molar refractivity (Wildman–Crippen MR) is 131 cm³/mol. The number of fused-ring (bicyclic) bond motifs is 7. The number of amides is 1. The van der Waals surface area contributed by atoms with Crippen LogP contribution in [0, 0.1) is 17.8 Å². The van der Waals surface area contributed by atoms with Crippen molar-refractivity contribution in [1.82, 2.24) is 0 Å². The monoisotopic (exact) mass is 496 g/mol. The van der Waals surface area contributed by atoms with Gasteiger partial charge in [0.15, 0.2) is 0 Å². The van der Waals surface area contributed by atoms with E-state index >= 15 is 0 Å². The van der Waals surface area contributed by atoms with Gasteiger partial charge in [0.1, 0.15) is 0 Å². The van der Waals surface area contributed by atoms with E-state index in [2.05, 4.69) is 34.9 Å². The van der Waals surface area contributed by atoms with Crippen molar-refractivity contribution in [3.05, 3.63) is 94.0 Å². The molecule has 1 amide bonds. The van der Waals surface area contributed by atoms with Gasteiger partial charge in [-0.05, 0) is 90.5 Å². The third-order valence-electron chi connectivity index (χ3n) is 8.04. The standard InChI is InChI=1S/C28H24ClF3N2O/c29-22-10-9-19(14-21(22)28(30,31)32)33-27(35)18-8-11-23-20(13-18)24-16-6-7-17(12-16)25(24)26(34-23)15-4-2-1-3-5-15/h1-5,8-11,13-14,16-17,24-26,34H,6-7,12H2,(H,33,35)/t16-,17-,24-,25-,26-/m0/s1. The van der Waals surface area contributed by atoms with Crippen molar-refractivity contribution in [2.45, 2.75) is 37.4 Å². The predicted octanol–water partition coefficient (Wildman–Crippen LogP) is 7.91. The summed E-state index contributed by atoms with van der Waals surface area (Å²) in [4.78, 5) is 13.0. The Morgan fingerprint density at radius 2 is 1.74 bits per heavy atom. The Bertz CT molecular complexity index is 1290. The van der Waals surface area contributed by atoms with Crippen molar-refractivity contribution < 1.29 is 18.0 Å². The highest BCUT2D eigenvalue weighted by atomic mass is 35.5. The summed E-state index contributed by atoms with van der Waals surface area (Å²) < 4.78 is 39.7. The minimum absolute atomic E-state index is 0.0597. The molecule has 0 saturated heterocycles. The lowest BCUT2D eigenvalue weighted by Gasteiger charge is -2.43. The van der Waals surface area contributed by atoms with Crippen LogP contribution in [0.4, 0.5) is 24.5 Å². The van der Waals surface area contributed by atoms with Crippen LogP contribution < -0.4 is 10.6 Å². The van der Waals surface area contributed by atoms with Crippen LogP contribution >= 0.6 is 11.6 Å². The molecule has 0 aromatic heterocycles. The Labute approximate surface area is 206 Å².